The number of nitro benzene ring substituents is 1. The topological polar surface area (TPSA) is 113 Å². The Morgan fingerprint density at radius 1 is 1.44 bits per heavy atom. The molecule has 2 aromatic rings. The van der Waals surface area contributed by atoms with Crippen molar-refractivity contribution in [2.45, 2.75) is 6.92 Å². The molecule has 0 atom stereocenters. The van der Waals surface area contributed by atoms with E-state index in [0.29, 0.717) is 5.56 Å². The summed E-state index contributed by atoms with van der Waals surface area (Å²) in [7, 11) is 0. The lowest BCUT2D eigenvalue weighted by Gasteiger charge is -2.05. The molecule has 1 aromatic carbocycles. The summed E-state index contributed by atoms with van der Waals surface area (Å²) in [6.45, 7) is 1.62. The number of hydrogen-bond acceptors (Lipinski definition) is 4. The minimum atomic E-state index is -1.30. The summed E-state index contributed by atoms with van der Waals surface area (Å²) in [4.78, 5) is 34.9. The van der Waals surface area contributed by atoms with Crippen molar-refractivity contribution in [1.29, 1.82) is 0 Å². The van der Waals surface area contributed by atoms with Gasteiger partial charge in [-0.2, -0.15) is 0 Å². The predicted octanol–water partition coefficient (Wildman–Crippen LogP) is 1.44. The first kappa shape index (κ1) is 11.8. The van der Waals surface area contributed by atoms with E-state index in [9.17, 15) is 19.7 Å². The Morgan fingerprint density at radius 3 is 2.67 bits per heavy atom. The fourth-order valence-electron chi connectivity index (χ4n) is 1.85. The molecule has 0 aliphatic rings. The largest absolute Gasteiger partial charge is 0.478 e. The summed E-state index contributed by atoms with van der Waals surface area (Å²) in [5.41, 5.74) is -0.770. The number of aryl methyl sites for hydroxylation is 1. The molecular formula is C11H8N2O5. The molecule has 0 saturated heterocycles. The summed E-state index contributed by atoms with van der Waals surface area (Å²) < 4.78 is 0. The third kappa shape index (κ3) is 1.71. The van der Waals surface area contributed by atoms with Crippen LogP contribution in [0.15, 0.2) is 23.0 Å². The smallest absolute Gasteiger partial charge is 0.336 e. The highest BCUT2D eigenvalue weighted by atomic mass is 16.6. The Kier molecular flexibility index (Phi) is 2.59. The van der Waals surface area contributed by atoms with Gasteiger partial charge in [-0.1, -0.05) is 6.07 Å². The van der Waals surface area contributed by atoms with Crippen LogP contribution in [0.2, 0.25) is 0 Å². The number of fused-ring (bicyclic) bond motifs is 1. The van der Waals surface area contributed by atoms with E-state index in [2.05, 4.69) is 4.98 Å². The number of non-ortho nitro benzene ring substituents is 1. The molecule has 1 aromatic heterocycles. The SMILES string of the molecule is Cc1ccc([N+](=O)[O-])c2[nH]c(=O)cc(C(=O)O)c12. The van der Waals surface area contributed by atoms with E-state index in [1.54, 1.807) is 6.92 Å². The van der Waals surface area contributed by atoms with E-state index in [1.165, 1.54) is 12.1 Å². The van der Waals surface area contributed by atoms with Crippen LogP contribution in [-0.2, 0) is 0 Å². The molecule has 1 heterocycles. The van der Waals surface area contributed by atoms with Gasteiger partial charge in [-0.25, -0.2) is 4.79 Å². The number of nitrogens with one attached hydrogen (secondary N) is 1. The van der Waals surface area contributed by atoms with Crippen molar-refractivity contribution in [3.05, 3.63) is 49.8 Å². The van der Waals surface area contributed by atoms with Crippen LogP contribution in [0.5, 0.6) is 0 Å². The Bertz CT molecular complexity index is 732. The number of nitrogens with zero attached hydrogens (tertiary/aromatic N) is 1. The van der Waals surface area contributed by atoms with Crippen LogP contribution < -0.4 is 5.56 Å². The van der Waals surface area contributed by atoms with E-state index in [-0.39, 0.29) is 22.2 Å². The molecule has 0 bridgehead atoms. The van der Waals surface area contributed by atoms with Gasteiger partial charge in [-0.15, -0.1) is 0 Å². The monoisotopic (exact) mass is 248 g/mol. The summed E-state index contributed by atoms with van der Waals surface area (Å²) in [5.74, 6) is -1.30. The van der Waals surface area contributed by atoms with Gasteiger partial charge in [0.05, 0.1) is 10.5 Å². The molecule has 0 unspecified atom stereocenters. The van der Waals surface area contributed by atoms with Gasteiger partial charge in [0.15, 0.2) is 0 Å². The second-order valence-corrected chi connectivity index (χ2v) is 3.76. The first-order valence-electron chi connectivity index (χ1n) is 4.96. The number of aromatic nitrogens is 1. The maximum Gasteiger partial charge on any atom is 0.336 e. The van der Waals surface area contributed by atoms with Crippen molar-refractivity contribution >= 4 is 22.6 Å². The Labute approximate surface area is 99.8 Å². The van der Waals surface area contributed by atoms with Crippen molar-refractivity contribution in [2.24, 2.45) is 0 Å². The maximum absolute atomic E-state index is 11.4. The van der Waals surface area contributed by atoms with Crippen molar-refractivity contribution in [3.63, 3.8) is 0 Å². The zero-order valence-corrected chi connectivity index (χ0v) is 9.26. The highest BCUT2D eigenvalue weighted by Crippen LogP contribution is 2.27. The summed E-state index contributed by atoms with van der Waals surface area (Å²) in [6.07, 6.45) is 0. The van der Waals surface area contributed by atoms with Gasteiger partial charge in [-0.3, -0.25) is 14.9 Å². The second-order valence-electron chi connectivity index (χ2n) is 3.76. The van der Waals surface area contributed by atoms with Gasteiger partial charge in [0, 0.05) is 17.5 Å². The van der Waals surface area contributed by atoms with Gasteiger partial charge in [0.25, 0.3) is 5.69 Å². The molecule has 2 rings (SSSR count). The number of nitro groups is 1. The first-order chi connectivity index (χ1) is 8.41. The number of benzene rings is 1. The number of carboxylic acids is 1. The molecule has 0 aliphatic heterocycles. The Hall–Kier alpha value is -2.70. The van der Waals surface area contributed by atoms with E-state index in [0.717, 1.165) is 6.07 Å². The van der Waals surface area contributed by atoms with E-state index >= 15 is 0 Å². The molecule has 2 N–H and O–H groups in total. The minimum absolute atomic E-state index is 0.0649. The molecule has 18 heavy (non-hydrogen) atoms. The Balaban J connectivity index is 3.06. The van der Waals surface area contributed by atoms with Gasteiger partial charge in [-0.05, 0) is 12.5 Å². The van der Waals surface area contributed by atoms with Gasteiger partial charge >= 0.3 is 5.97 Å². The quantitative estimate of drug-likeness (QED) is 0.616. The molecule has 0 spiro atoms. The zero-order chi connectivity index (χ0) is 13.4. The van der Waals surface area contributed by atoms with E-state index < -0.39 is 16.5 Å². The summed E-state index contributed by atoms with van der Waals surface area (Å²) in [5, 5.41) is 20.1. The molecule has 0 saturated carbocycles. The van der Waals surface area contributed by atoms with Crippen molar-refractivity contribution in [3.8, 4) is 0 Å². The third-order valence-corrected chi connectivity index (χ3v) is 2.61. The number of carbonyl (C=O) groups is 1. The normalized spacial score (nSPS) is 10.5. The number of aromatic carboxylic acids is 1. The van der Waals surface area contributed by atoms with Gasteiger partial charge < -0.3 is 10.1 Å². The molecule has 0 aliphatic carbocycles. The lowest BCUT2D eigenvalue weighted by molar-refractivity contribution is -0.383. The van der Waals surface area contributed by atoms with E-state index in [1.807, 2.05) is 0 Å². The zero-order valence-electron chi connectivity index (χ0n) is 9.26. The fourth-order valence-corrected chi connectivity index (χ4v) is 1.85. The lowest BCUT2D eigenvalue weighted by Crippen LogP contribution is -2.12. The average molecular weight is 248 g/mol. The molecule has 0 amide bonds. The van der Waals surface area contributed by atoms with Crippen LogP contribution in [-0.4, -0.2) is 21.0 Å². The maximum atomic E-state index is 11.4. The van der Waals surface area contributed by atoms with Crippen LogP contribution in [0.4, 0.5) is 5.69 Å². The van der Waals surface area contributed by atoms with Crippen LogP contribution in [0, 0.1) is 17.0 Å². The van der Waals surface area contributed by atoms with Crippen LogP contribution in [0.1, 0.15) is 15.9 Å². The molecule has 92 valence electrons. The Morgan fingerprint density at radius 2 is 2.11 bits per heavy atom. The average Bonchev–Trinajstić information content (AvgIpc) is 2.27. The number of hydrogen-bond donors (Lipinski definition) is 2. The summed E-state index contributed by atoms with van der Waals surface area (Å²) in [6, 6.07) is 3.60. The first-order valence-corrected chi connectivity index (χ1v) is 4.96. The second kappa shape index (κ2) is 3.95. The highest BCUT2D eigenvalue weighted by molar-refractivity contribution is 6.06. The third-order valence-electron chi connectivity index (χ3n) is 2.61. The van der Waals surface area contributed by atoms with Crippen LogP contribution >= 0.6 is 0 Å². The molecule has 0 fully saturated rings. The summed E-state index contributed by atoms with van der Waals surface area (Å²) >= 11 is 0. The minimum Gasteiger partial charge on any atom is -0.478 e. The number of carboxylic acid groups (broad SMARTS) is 1. The number of pyridine rings is 1. The number of rotatable bonds is 2. The number of H-pyrrole nitrogens is 1. The van der Waals surface area contributed by atoms with E-state index in [4.69, 9.17) is 5.11 Å². The molecule has 0 radical (unpaired) electrons. The van der Waals surface area contributed by atoms with Crippen molar-refractivity contribution in [2.75, 3.05) is 0 Å². The highest BCUT2D eigenvalue weighted by Gasteiger charge is 2.19. The predicted molar refractivity (Wildman–Crippen MR) is 62.9 cm³/mol. The van der Waals surface area contributed by atoms with Crippen LogP contribution in [0.25, 0.3) is 10.9 Å². The lowest BCUT2D eigenvalue weighted by atomic mass is 10.0. The fraction of sp³-hybridized carbons (Fsp3) is 0.0909. The molecule has 7 heteroatoms. The van der Waals surface area contributed by atoms with Crippen molar-refractivity contribution in [1.82, 2.24) is 4.98 Å². The molecular weight excluding hydrogens is 240 g/mol. The number of aromatic amines is 1. The van der Waals surface area contributed by atoms with Crippen molar-refractivity contribution < 1.29 is 14.8 Å². The van der Waals surface area contributed by atoms with Gasteiger partial charge in [0.2, 0.25) is 5.56 Å². The van der Waals surface area contributed by atoms with Gasteiger partial charge in [0.1, 0.15) is 5.52 Å². The molecule has 7 nitrogen and oxygen atoms in total. The standard InChI is InChI=1S/C11H8N2O5/c1-5-2-3-7(13(17)18)10-9(5)6(11(15)16)4-8(14)12-10/h2-4H,1H3,(H,12,14)(H,15,16). The van der Waals surface area contributed by atoms with Crippen LogP contribution in [0.3, 0.4) is 0 Å².